The van der Waals surface area contributed by atoms with Crippen LogP contribution in [-0.2, 0) is 4.79 Å². The van der Waals surface area contributed by atoms with Crippen molar-refractivity contribution in [3.63, 3.8) is 0 Å². The normalized spacial score (nSPS) is 19.6. The molecule has 3 nitrogen and oxygen atoms in total. The van der Waals surface area contributed by atoms with Gasteiger partial charge in [-0.3, -0.25) is 4.79 Å². The third-order valence-electron chi connectivity index (χ3n) is 3.29. The molecule has 0 spiro atoms. The van der Waals surface area contributed by atoms with Gasteiger partial charge in [0.2, 0.25) is 5.91 Å². The van der Waals surface area contributed by atoms with Crippen molar-refractivity contribution in [1.29, 1.82) is 0 Å². The van der Waals surface area contributed by atoms with E-state index in [1.807, 2.05) is 0 Å². The van der Waals surface area contributed by atoms with Crippen molar-refractivity contribution in [2.45, 2.75) is 39.0 Å². The van der Waals surface area contributed by atoms with Gasteiger partial charge >= 0.3 is 0 Å². The average molecular weight is 236 g/mol. The first-order chi connectivity index (χ1) is 8.27. The van der Waals surface area contributed by atoms with Gasteiger partial charge in [0.1, 0.15) is 0 Å². The molecule has 17 heavy (non-hydrogen) atoms. The van der Waals surface area contributed by atoms with Crippen LogP contribution in [0.1, 0.15) is 39.0 Å². The highest BCUT2D eigenvalue weighted by molar-refractivity contribution is 5.76. The Balaban J connectivity index is 2.28. The zero-order chi connectivity index (χ0) is 12.5. The van der Waals surface area contributed by atoms with Crippen LogP contribution in [0.4, 0.5) is 0 Å². The molecule has 1 atom stereocenters. The van der Waals surface area contributed by atoms with E-state index in [1.165, 1.54) is 12.8 Å². The van der Waals surface area contributed by atoms with Gasteiger partial charge in [-0.05, 0) is 44.7 Å². The molecule has 3 heteroatoms. The lowest BCUT2D eigenvalue weighted by Gasteiger charge is -2.24. The Labute approximate surface area is 105 Å². The summed E-state index contributed by atoms with van der Waals surface area (Å²) in [4.78, 5) is 13.8. The molecule has 0 saturated carbocycles. The third-order valence-corrected chi connectivity index (χ3v) is 3.29. The summed E-state index contributed by atoms with van der Waals surface area (Å²) in [5.41, 5.74) is 0. The molecule has 0 aromatic rings. The van der Waals surface area contributed by atoms with E-state index >= 15 is 0 Å². The van der Waals surface area contributed by atoms with E-state index in [-0.39, 0.29) is 5.91 Å². The summed E-state index contributed by atoms with van der Waals surface area (Å²) in [7, 11) is 0. The molecule has 1 rings (SSSR count). The van der Waals surface area contributed by atoms with Crippen LogP contribution in [0.2, 0.25) is 0 Å². The van der Waals surface area contributed by atoms with Crippen LogP contribution in [0, 0.1) is 18.3 Å². The summed E-state index contributed by atoms with van der Waals surface area (Å²) in [5.74, 6) is 3.45. The first-order valence-electron chi connectivity index (χ1n) is 6.69. The molecule has 1 saturated heterocycles. The van der Waals surface area contributed by atoms with Gasteiger partial charge < -0.3 is 10.2 Å². The topological polar surface area (TPSA) is 32.3 Å². The van der Waals surface area contributed by atoms with Crippen molar-refractivity contribution in [2.75, 3.05) is 26.2 Å². The Morgan fingerprint density at radius 2 is 2.41 bits per heavy atom. The highest BCUT2D eigenvalue weighted by Crippen LogP contribution is 2.16. The summed E-state index contributed by atoms with van der Waals surface area (Å²) >= 11 is 0. The fourth-order valence-electron chi connectivity index (χ4n) is 2.33. The van der Waals surface area contributed by atoms with Crippen LogP contribution in [0.5, 0.6) is 0 Å². The minimum Gasteiger partial charge on any atom is -0.332 e. The second-order valence-electron chi connectivity index (χ2n) is 4.77. The first kappa shape index (κ1) is 14.1. The van der Waals surface area contributed by atoms with Crippen molar-refractivity contribution >= 4 is 5.91 Å². The minimum atomic E-state index is 0.218. The molecule has 1 fully saturated rings. The molecule has 96 valence electrons. The predicted molar refractivity (Wildman–Crippen MR) is 70.5 cm³/mol. The maximum absolute atomic E-state index is 12.0. The Hall–Kier alpha value is -1.01. The number of amides is 1. The standard InChI is InChI=1S/C14H24N2O/c1-3-10-16(11-4-2)14(17)8-7-13-6-5-9-15-12-13/h1,13,15H,4-12H2,2H3. The van der Waals surface area contributed by atoms with E-state index in [0.717, 1.165) is 32.5 Å². The molecular formula is C14H24N2O. The summed E-state index contributed by atoms with van der Waals surface area (Å²) < 4.78 is 0. The number of hydrogen-bond donors (Lipinski definition) is 1. The zero-order valence-corrected chi connectivity index (χ0v) is 10.9. The molecule has 0 aliphatic carbocycles. The molecule has 0 aromatic heterocycles. The molecule has 1 amide bonds. The van der Waals surface area contributed by atoms with Crippen LogP contribution in [0.25, 0.3) is 0 Å². The van der Waals surface area contributed by atoms with Crippen LogP contribution in [-0.4, -0.2) is 37.0 Å². The maximum atomic E-state index is 12.0. The van der Waals surface area contributed by atoms with Crippen LogP contribution in [0.15, 0.2) is 0 Å². The Morgan fingerprint density at radius 3 is 3.00 bits per heavy atom. The SMILES string of the molecule is C#CCN(CCC)C(=O)CCC1CCCNC1. The molecule has 1 aliphatic heterocycles. The van der Waals surface area contributed by atoms with E-state index in [4.69, 9.17) is 6.42 Å². The molecule has 0 aromatic carbocycles. The van der Waals surface area contributed by atoms with Crippen molar-refractivity contribution in [1.82, 2.24) is 10.2 Å². The highest BCUT2D eigenvalue weighted by Gasteiger charge is 2.17. The highest BCUT2D eigenvalue weighted by atomic mass is 16.2. The van der Waals surface area contributed by atoms with Gasteiger partial charge in [0, 0.05) is 13.0 Å². The predicted octanol–water partition coefficient (Wildman–Crippen LogP) is 1.64. The van der Waals surface area contributed by atoms with Crippen LogP contribution >= 0.6 is 0 Å². The molecule has 1 N–H and O–H groups in total. The fraction of sp³-hybridized carbons (Fsp3) is 0.786. The van der Waals surface area contributed by atoms with Crippen molar-refractivity contribution in [3.8, 4) is 12.3 Å². The number of carbonyl (C=O) groups excluding carboxylic acids is 1. The second-order valence-corrected chi connectivity index (χ2v) is 4.77. The number of nitrogens with one attached hydrogen (secondary N) is 1. The quantitative estimate of drug-likeness (QED) is 0.711. The van der Waals surface area contributed by atoms with Gasteiger partial charge in [0.25, 0.3) is 0 Å². The van der Waals surface area contributed by atoms with Gasteiger partial charge in [-0.15, -0.1) is 6.42 Å². The van der Waals surface area contributed by atoms with Gasteiger partial charge in [-0.1, -0.05) is 12.8 Å². The smallest absolute Gasteiger partial charge is 0.223 e. The van der Waals surface area contributed by atoms with Crippen LogP contribution in [0.3, 0.4) is 0 Å². The molecule has 0 radical (unpaired) electrons. The Morgan fingerprint density at radius 1 is 1.59 bits per heavy atom. The molecule has 0 bridgehead atoms. The zero-order valence-electron chi connectivity index (χ0n) is 10.9. The third kappa shape index (κ3) is 5.23. The van der Waals surface area contributed by atoms with E-state index in [1.54, 1.807) is 4.90 Å². The molecule has 1 aliphatic rings. The molecular weight excluding hydrogens is 212 g/mol. The Bertz CT molecular complexity index is 264. The fourth-order valence-corrected chi connectivity index (χ4v) is 2.33. The first-order valence-corrected chi connectivity index (χ1v) is 6.69. The van der Waals surface area contributed by atoms with Gasteiger partial charge in [0.15, 0.2) is 0 Å². The number of hydrogen-bond acceptors (Lipinski definition) is 2. The average Bonchev–Trinajstić information content (AvgIpc) is 2.37. The van der Waals surface area contributed by atoms with Crippen molar-refractivity contribution < 1.29 is 4.79 Å². The monoisotopic (exact) mass is 236 g/mol. The lowest BCUT2D eigenvalue weighted by Crippen LogP contribution is -2.34. The van der Waals surface area contributed by atoms with E-state index < -0.39 is 0 Å². The van der Waals surface area contributed by atoms with Gasteiger partial charge in [-0.2, -0.15) is 0 Å². The largest absolute Gasteiger partial charge is 0.332 e. The minimum absolute atomic E-state index is 0.218. The number of terminal acetylenes is 1. The molecule has 1 unspecified atom stereocenters. The summed E-state index contributed by atoms with van der Waals surface area (Å²) in [5, 5.41) is 3.38. The van der Waals surface area contributed by atoms with Crippen molar-refractivity contribution in [3.05, 3.63) is 0 Å². The van der Waals surface area contributed by atoms with Gasteiger partial charge in [-0.25, -0.2) is 0 Å². The van der Waals surface area contributed by atoms with E-state index in [2.05, 4.69) is 18.2 Å². The lowest BCUT2D eigenvalue weighted by atomic mass is 9.94. The number of nitrogens with zero attached hydrogens (tertiary/aromatic N) is 1. The summed E-state index contributed by atoms with van der Waals surface area (Å²) in [6, 6.07) is 0. The number of rotatable bonds is 6. The second kappa shape index (κ2) is 8.14. The van der Waals surface area contributed by atoms with Crippen molar-refractivity contribution in [2.24, 2.45) is 5.92 Å². The van der Waals surface area contributed by atoms with Gasteiger partial charge in [0.05, 0.1) is 6.54 Å². The maximum Gasteiger partial charge on any atom is 0.223 e. The van der Waals surface area contributed by atoms with E-state index in [9.17, 15) is 4.79 Å². The lowest BCUT2D eigenvalue weighted by molar-refractivity contribution is -0.131. The molecule has 1 heterocycles. The number of carbonyl (C=O) groups is 1. The summed E-state index contributed by atoms with van der Waals surface area (Å²) in [6.07, 6.45) is 10.4. The number of piperidine rings is 1. The Kier molecular flexibility index (Phi) is 6.73. The van der Waals surface area contributed by atoms with E-state index in [0.29, 0.717) is 18.9 Å². The van der Waals surface area contributed by atoms with Crippen LogP contribution < -0.4 is 5.32 Å². The summed E-state index contributed by atoms with van der Waals surface area (Å²) in [6.45, 7) is 5.50.